The minimum absolute atomic E-state index is 0.124. The number of carbonyl (C=O) groups excluding carboxylic acids is 2. The summed E-state index contributed by atoms with van der Waals surface area (Å²) in [6.07, 6.45) is -0.682. The Morgan fingerprint density at radius 2 is 1.76 bits per heavy atom. The van der Waals surface area contributed by atoms with Crippen molar-refractivity contribution >= 4 is 34.5 Å². The second-order valence-corrected chi connectivity index (χ2v) is 7.99. The normalized spacial score (nSPS) is 11.4. The molecular formula is C22H22F2N4O6. The zero-order chi connectivity index (χ0) is 25.2. The molecule has 3 N–H and O–H groups in total. The Bertz CT molecular complexity index is 1300. The smallest absolute Gasteiger partial charge is 0.412 e. The van der Waals surface area contributed by atoms with Gasteiger partial charge in [-0.3, -0.25) is 14.7 Å². The molecule has 0 radical (unpaired) electrons. The van der Waals surface area contributed by atoms with Crippen molar-refractivity contribution in [3.05, 3.63) is 52.3 Å². The van der Waals surface area contributed by atoms with E-state index in [1.54, 1.807) is 20.8 Å². The van der Waals surface area contributed by atoms with Crippen molar-refractivity contribution in [2.45, 2.75) is 33.0 Å². The summed E-state index contributed by atoms with van der Waals surface area (Å²) < 4.78 is 40.6. The van der Waals surface area contributed by atoms with Gasteiger partial charge in [0.1, 0.15) is 11.2 Å². The molecule has 1 aromatic carbocycles. The lowest BCUT2D eigenvalue weighted by molar-refractivity contribution is -0.0526. The summed E-state index contributed by atoms with van der Waals surface area (Å²) in [5.74, 6) is -1.43. The number of amides is 1. The Kier molecular flexibility index (Phi) is 6.70. The summed E-state index contributed by atoms with van der Waals surface area (Å²) >= 11 is 0. The first kappa shape index (κ1) is 24.4. The third-order valence-corrected chi connectivity index (χ3v) is 4.41. The van der Waals surface area contributed by atoms with Crippen LogP contribution in [0, 0.1) is 0 Å². The highest BCUT2D eigenvalue weighted by molar-refractivity contribution is 6.03. The van der Waals surface area contributed by atoms with Crippen LogP contribution in [-0.4, -0.2) is 40.9 Å². The van der Waals surface area contributed by atoms with Crippen LogP contribution in [0.1, 0.15) is 31.1 Å². The molecule has 0 aliphatic heterocycles. The van der Waals surface area contributed by atoms with Crippen molar-refractivity contribution < 1.29 is 32.6 Å². The molecule has 0 bridgehead atoms. The summed E-state index contributed by atoms with van der Waals surface area (Å²) in [5, 5.41) is 2.68. The van der Waals surface area contributed by atoms with E-state index in [0.717, 1.165) is 17.7 Å². The molecule has 0 saturated heterocycles. The second-order valence-electron chi connectivity index (χ2n) is 7.99. The van der Waals surface area contributed by atoms with Crippen LogP contribution >= 0.6 is 0 Å². The SMILES string of the molecule is COC(=O)c1c(N)c2ccc(OC(F)F)nc2n(-c2ccc(NC(=O)OC(C)(C)C)cc2)c1=O. The molecule has 0 unspecified atom stereocenters. The number of methoxy groups -OCH3 is 1. The van der Waals surface area contributed by atoms with Crippen LogP contribution in [0.4, 0.5) is 25.0 Å². The van der Waals surface area contributed by atoms with E-state index in [1.165, 1.54) is 30.3 Å². The quantitative estimate of drug-likeness (QED) is 0.532. The lowest BCUT2D eigenvalue weighted by Gasteiger charge is -2.20. The van der Waals surface area contributed by atoms with Gasteiger partial charge in [-0.15, -0.1) is 0 Å². The van der Waals surface area contributed by atoms with Crippen molar-refractivity contribution in [3.8, 4) is 11.6 Å². The molecule has 0 atom stereocenters. The number of rotatable bonds is 5. The topological polar surface area (TPSA) is 135 Å². The average Bonchev–Trinajstić information content (AvgIpc) is 2.73. The van der Waals surface area contributed by atoms with Gasteiger partial charge in [0.15, 0.2) is 5.65 Å². The number of hydrogen-bond donors (Lipinski definition) is 2. The van der Waals surface area contributed by atoms with Crippen molar-refractivity contribution in [2.24, 2.45) is 0 Å². The molecule has 3 aromatic rings. The number of fused-ring (bicyclic) bond motifs is 1. The Morgan fingerprint density at radius 1 is 1.12 bits per heavy atom. The van der Waals surface area contributed by atoms with E-state index in [1.807, 2.05) is 0 Å². The van der Waals surface area contributed by atoms with Gasteiger partial charge in [-0.05, 0) is 51.1 Å². The number of nitrogens with one attached hydrogen (secondary N) is 1. The molecule has 0 aliphatic carbocycles. The van der Waals surface area contributed by atoms with Gasteiger partial charge in [0, 0.05) is 17.1 Å². The number of ether oxygens (including phenoxy) is 3. The van der Waals surface area contributed by atoms with Crippen LogP contribution < -0.4 is 21.3 Å². The molecule has 0 spiro atoms. The summed E-state index contributed by atoms with van der Waals surface area (Å²) in [6, 6.07) is 8.29. The Labute approximate surface area is 192 Å². The predicted octanol–water partition coefficient (Wildman–Crippen LogP) is 3.70. The lowest BCUT2D eigenvalue weighted by Crippen LogP contribution is -2.29. The van der Waals surface area contributed by atoms with Crippen molar-refractivity contribution in [1.29, 1.82) is 0 Å². The number of hydrogen-bond acceptors (Lipinski definition) is 8. The number of benzene rings is 1. The average molecular weight is 476 g/mol. The largest absolute Gasteiger partial charge is 0.465 e. The van der Waals surface area contributed by atoms with E-state index in [9.17, 15) is 23.2 Å². The number of nitrogens with two attached hydrogens (primary N) is 1. The van der Waals surface area contributed by atoms with Gasteiger partial charge < -0.3 is 19.9 Å². The molecule has 2 heterocycles. The molecule has 0 aliphatic rings. The number of pyridine rings is 2. The first-order valence-electron chi connectivity index (χ1n) is 9.90. The molecule has 0 saturated carbocycles. The van der Waals surface area contributed by atoms with Crippen LogP contribution in [0.5, 0.6) is 5.88 Å². The van der Waals surface area contributed by atoms with Gasteiger partial charge in [-0.25, -0.2) is 9.59 Å². The zero-order valence-corrected chi connectivity index (χ0v) is 18.7. The first-order chi connectivity index (χ1) is 15.9. The van der Waals surface area contributed by atoms with E-state index in [0.29, 0.717) is 5.69 Å². The van der Waals surface area contributed by atoms with Gasteiger partial charge in [-0.1, -0.05) is 0 Å². The molecule has 34 heavy (non-hydrogen) atoms. The third-order valence-electron chi connectivity index (χ3n) is 4.41. The fraction of sp³-hybridized carbons (Fsp3) is 0.273. The number of nitrogen functional groups attached to an aromatic ring is 1. The monoisotopic (exact) mass is 476 g/mol. The molecule has 10 nitrogen and oxygen atoms in total. The fourth-order valence-electron chi connectivity index (χ4n) is 3.08. The van der Waals surface area contributed by atoms with Crippen LogP contribution in [0.2, 0.25) is 0 Å². The molecule has 180 valence electrons. The van der Waals surface area contributed by atoms with Crippen LogP contribution in [-0.2, 0) is 9.47 Å². The van der Waals surface area contributed by atoms with Gasteiger partial charge in [0.2, 0.25) is 5.88 Å². The van der Waals surface area contributed by atoms with E-state index in [2.05, 4.69) is 19.8 Å². The molecule has 0 fully saturated rings. The molecule has 3 rings (SSSR count). The number of esters is 1. The van der Waals surface area contributed by atoms with E-state index >= 15 is 0 Å². The highest BCUT2D eigenvalue weighted by atomic mass is 19.3. The first-order valence-corrected chi connectivity index (χ1v) is 9.90. The number of carbonyl (C=O) groups is 2. The number of anilines is 2. The summed E-state index contributed by atoms with van der Waals surface area (Å²) in [5.41, 5.74) is 4.20. The number of halogens is 2. The summed E-state index contributed by atoms with van der Waals surface area (Å²) in [6.45, 7) is 2.00. The van der Waals surface area contributed by atoms with Crippen LogP contribution in [0.15, 0.2) is 41.2 Å². The van der Waals surface area contributed by atoms with Crippen molar-refractivity contribution in [2.75, 3.05) is 18.2 Å². The minimum atomic E-state index is -3.14. The minimum Gasteiger partial charge on any atom is -0.465 e. The zero-order valence-electron chi connectivity index (χ0n) is 18.7. The van der Waals surface area contributed by atoms with Crippen LogP contribution in [0.25, 0.3) is 16.7 Å². The maximum Gasteiger partial charge on any atom is 0.412 e. The molecule has 2 aromatic heterocycles. The second kappa shape index (κ2) is 9.33. The number of nitrogens with zero attached hydrogens (tertiary/aromatic N) is 2. The maximum atomic E-state index is 13.2. The Balaban J connectivity index is 2.15. The highest BCUT2D eigenvalue weighted by Gasteiger charge is 2.24. The Morgan fingerprint density at radius 3 is 2.32 bits per heavy atom. The van der Waals surface area contributed by atoms with Gasteiger partial charge in [0.25, 0.3) is 5.56 Å². The summed E-state index contributed by atoms with van der Waals surface area (Å²) in [7, 11) is 1.09. The molecule has 12 heteroatoms. The number of alkyl halides is 2. The molecule has 1 amide bonds. The Hall–Kier alpha value is -4.22. The summed E-state index contributed by atoms with van der Waals surface area (Å²) in [4.78, 5) is 41.5. The van der Waals surface area contributed by atoms with Crippen molar-refractivity contribution in [1.82, 2.24) is 9.55 Å². The molecular weight excluding hydrogens is 454 g/mol. The standard InChI is InChI=1S/C22H22F2N4O6/c1-22(2,3)34-21(31)26-11-5-7-12(8-6-11)28-17-13(9-10-14(27-17)33-20(23)24)16(25)15(18(28)29)19(30)32-4/h5-10,20H,25H2,1-4H3,(H,26,31). The van der Waals surface area contributed by atoms with Gasteiger partial charge >= 0.3 is 18.7 Å². The maximum absolute atomic E-state index is 13.2. The highest BCUT2D eigenvalue weighted by Crippen LogP contribution is 2.27. The van der Waals surface area contributed by atoms with E-state index in [-0.39, 0.29) is 22.4 Å². The van der Waals surface area contributed by atoms with Gasteiger partial charge in [-0.2, -0.15) is 13.8 Å². The fourth-order valence-corrected chi connectivity index (χ4v) is 3.08. The van der Waals surface area contributed by atoms with Gasteiger partial charge in [0.05, 0.1) is 18.5 Å². The number of aromatic nitrogens is 2. The van der Waals surface area contributed by atoms with Crippen LogP contribution in [0.3, 0.4) is 0 Å². The lowest BCUT2D eigenvalue weighted by atomic mass is 10.1. The third kappa shape index (κ3) is 5.22. The predicted molar refractivity (Wildman–Crippen MR) is 120 cm³/mol. The van der Waals surface area contributed by atoms with E-state index < -0.39 is 41.3 Å². The van der Waals surface area contributed by atoms with Crippen molar-refractivity contribution in [3.63, 3.8) is 0 Å². The van der Waals surface area contributed by atoms with E-state index in [4.69, 9.17) is 10.5 Å².